The number of halogens is 1. The summed E-state index contributed by atoms with van der Waals surface area (Å²) >= 11 is 6.23. The Kier molecular flexibility index (Phi) is 4.97. The molecule has 2 atom stereocenters. The van der Waals surface area contributed by atoms with Gasteiger partial charge in [-0.3, -0.25) is 0 Å². The fraction of sp³-hybridized carbons (Fsp3) is 0.250. The first-order valence-corrected chi connectivity index (χ1v) is 6.85. The van der Waals surface area contributed by atoms with Crippen LogP contribution in [0.25, 0.3) is 0 Å². The fourth-order valence-electron chi connectivity index (χ4n) is 2.18. The number of nitrogens with two attached hydrogens (primary N) is 1. The molecule has 0 aromatic heterocycles. The van der Waals surface area contributed by atoms with E-state index in [9.17, 15) is 0 Å². The predicted molar refractivity (Wildman–Crippen MR) is 81.2 cm³/mol. The van der Waals surface area contributed by atoms with Crippen molar-refractivity contribution in [3.8, 4) is 0 Å². The lowest BCUT2D eigenvalue weighted by molar-refractivity contribution is 0.473. The van der Waals surface area contributed by atoms with Crippen LogP contribution in [0.15, 0.2) is 54.6 Å². The van der Waals surface area contributed by atoms with Crippen molar-refractivity contribution < 1.29 is 0 Å². The van der Waals surface area contributed by atoms with E-state index in [0.717, 1.165) is 10.6 Å². The Hall–Kier alpha value is -1.35. The maximum Gasteiger partial charge on any atom is 0.0464 e. The van der Waals surface area contributed by atoms with Crippen LogP contribution in [0.4, 0.5) is 0 Å². The van der Waals surface area contributed by atoms with E-state index in [0.29, 0.717) is 6.54 Å². The zero-order valence-electron chi connectivity index (χ0n) is 11.0. The maximum atomic E-state index is 6.23. The third-order valence-corrected chi connectivity index (χ3v) is 3.61. The molecular formula is C16H19ClN2. The second kappa shape index (κ2) is 6.71. The van der Waals surface area contributed by atoms with Crippen LogP contribution in [0.2, 0.25) is 5.02 Å². The lowest BCUT2D eigenvalue weighted by Crippen LogP contribution is -2.30. The zero-order valence-corrected chi connectivity index (χ0v) is 11.8. The summed E-state index contributed by atoms with van der Waals surface area (Å²) in [6.07, 6.45) is 0. The molecule has 0 radical (unpaired) electrons. The van der Waals surface area contributed by atoms with Gasteiger partial charge in [-0.1, -0.05) is 60.1 Å². The molecule has 2 aromatic carbocycles. The van der Waals surface area contributed by atoms with Gasteiger partial charge in [-0.15, -0.1) is 0 Å². The van der Waals surface area contributed by atoms with Gasteiger partial charge in [-0.05, 0) is 24.1 Å². The van der Waals surface area contributed by atoms with E-state index < -0.39 is 0 Å². The van der Waals surface area contributed by atoms with Crippen LogP contribution >= 0.6 is 11.6 Å². The molecule has 0 aliphatic carbocycles. The number of benzene rings is 2. The van der Waals surface area contributed by atoms with Crippen LogP contribution in [0.1, 0.15) is 30.1 Å². The van der Waals surface area contributed by atoms with Crippen molar-refractivity contribution in [3.63, 3.8) is 0 Å². The molecule has 0 aliphatic rings. The van der Waals surface area contributed by atoms with E-state index in [-0.39, 0.29) is 12.1 Å². The van der Waals surface area contributed by atoms with Gasteiger partial charge in [0.25, 0.3) is 0 Å². The summed E-state index contributed by atoms with van der Waals surface area (Å²) in [7, 11) is 0. The highest BCUT2D eigenvalue weighted by atomic mass is 35.5. The summed E-state index contributed by atoms with van der Waals surface area (Å²) in [6, 6.07) is 18.4. The lowest BCUT2D eigenvalue weighted by atomic mass is 10.0. The van der Waals surface area contributed by atoms with Gasteiger partial charge in [0.15, 0.2) is 0 Å². The fourth-order valence-corrected chi connectivity index (χ4v) is 2.45. The van der Waals surface area contributed by atoms with Gasteiger partial charge in [0.1, 0.15) is 0 Å². The van der Waals surface area contributed by atoms with Crippen LogP contribution in [0.5, 0.6) is 0 Å². The van der Waals surface area contributed by atoms with Gasteiger partial charge in [0.05, 0.1) is 0 Å². The largest absolute Gasteiger partial charge is 0.329 e. The van der Waals surface area contributed by atoms with E-state index in [1.165, 1.54) is 5.56 Å². The Balaban J connectivity index is 2.14. The molecule has 0 fully saturated rings. The van der Waals surface area contributed by atoms with Gasteiger partial charge < -0.3 is 11.1 Å². The van der Waals surface area contributed by atoms with E-state index in [2.05, 4.69) is 24.4 Å². The highest BCUT2D eigenvalue weighted by molar-refractivity contribution is 6.31. The van der Waals surface area contributed by atoms with Gasteiger partial charge >= 0.3 is 0 Å². The van der Waals surface area contributed by atoms with Crippen LogP contribution in [-0.4, -0.2) is 6.54 Å². The summed E-state index contributed by atoms with van der Waals surface area (Å²) in [5.41, 5.74) is 8.17. The normalized spacial score (nSPS) is 14.1. The van der Waals surface area contributed by atoms with Crippen molar-refractivity contribution in [2.75, 3.05) is 6.54 Å². The molecule has 2 unspecified atom stereocenters. The van der Waals surface area contributed by atoms with Crippen molar-refractivity contribution in [1.29, 1.82) is 0 Å². The quantitative estimate of drug-likeness (QED) is 0.873. The minimum absolute atomic E-state index is 0.0592. The van der Waals surface area contributed by atoms with E-state index >= 15 is 0 Å². The number of hydrogen-bond donors (Lipinski definition) is 2. The topological polar surface area (TPSA) is 38.0 Å². The third kappa shape index (κ3) is 3.57. The summed E-state index contributed by atoms with van der Waals surface area (Å²) in [4.78, 5) is 0. The molecule has 0 aliphatic heterocycles. The molecule has 2 rings (SSSR count). The Labute approximate surface area is 119 Å². The number of nitrogens with one attached hydrogen (secondary N) is 1. The number of rotatable bonds is 5. The van der Waals surface area contributed by atoms with Crippen molar-refractivity contribution >= 4 is 11.6 Å². The monoisotopic (exact) mass is 274 g/mol. The molecule has 3 heteroatoms. The van der Waals surface area contributed by atoms with E-state index in [1.54, 1.807) is 0 Å². The average Bonchev–Trinajstić information content (AvgIpc) is 2.46. The van der Waals surface area contributed by atoms with Gasteiger partial charge in [0.2, 0.25) is 0 Å². The summed E-state index contributed by atoms with van der Waals surface area (Å²) in [5.74, 6) is 0. The molecule has 2 aromatic rings. The summed E-state index contributed by atoms with van der Waals surface area (Å²) in [6.45, 7) is 2.65. The Morgan fingerprint density at radius 3 is 2.32 bits per heavy atom. The minimum atomic E-state index is 0.0592. The number of hydrogen-bond acceptors (Lipinski definition) is 2. The molecule has 100 valence electrons. The van der Waals surface area contributed by atoms with Crippen LogP contribution < -0.4 is 11.1 Å². The molecule has 0 heterocycles. The molecule has 3 N–H and O–H groups in total. The molecule has 19 heavy (non-hydrogen) atoms. The lowest BCUT2D eigenvalue weighted by Gasteiger charge is -2.23. The smallest absolute Gasteiger partial charge is 0.0464 e. The van der Waals surface area contributed by atoms with Crippen molar-refractivity contribution in [1.82, 2.24) is 5.32 Å². The van der Waals surface area contributed by atoms with Crippen molar-refractivity contribution in [2.45, 2.75) is 19.0 Å². The highest BCUT2D eigenvalue weighted by Gasteiger charge is 2.15. The molecule has 0 amide bonds. The van der Waals surface area contributed by atoms with Gasteiger partial charge in [-0.2, -0.15) is 0 Å². The Bertz CT molecular complexity index is 513. The summed E-state index contributed by atoms with van der Waals surface area (Å²) in [5, 5.41) is 4.29. The van der Waals surface area contributed by atoms with Crippen LogP contribution in [0.3, 0.4) is 0 Å². The molecule has 0 spiro atoms. The SMILES string of the molecule is CC(NC(CN)c1ccccc1Cl)c1ccccc1. The molecule has 0 saturated carbocycles. The second-order valence-corrected chi connectivity index (χ2v) is 5.02. The zero-order chi connectivity index (χ0) is 13.7. The molecule has 0 saturated heterocycles. The van der Waals surface area contributed by atoms with Crippen molar-refractivity contribution in [2.24, 2.45) is 5.73 Å². The van der Waals surface area contributed by atoms with Gasteiger partial charge in [0, 0.05) is 23.7 Å². The molecular weight excluding hydrogens is 256 g/mol. The first kappa shape index (κ1) is 14.1. The van der Waals surface area contributed by atoms with Crippen LogP contribution in [-0.2, 0) is 0 Å². The predicted octanol–water partition coefficient (Wildman–Crippen LogP) is 3.69. The Morgan fingerprint density at radius 2 is 1.68 bits per heavy atom. The van der Waals surface area contributed by atoms with Gasteiger partial charge in [-0.25, -0.2) is 0 Å². The molecule has 0 bridgehead atoms. The minimum Gasteiger partial charge on any atom is -0.329 e. The van der Waals surface area contributed by atoms with Crippen LogP contribution in [0, 0.1) is 0 Å². The first-order chi connectivity index (χ1) is 9.22. The second-order valence-electron chi connectivity index (χ2n) is 4.61. The van der Waals surface area contributed by atoms with E-state index in [4.69, 9.17) is 17.3 Å². The average molecular weight is 275 g/mol. The maximum absolute atomic E-state index is 6.23. The van der Waals surface area contributed by atoms with E-state index in [1.807, 2.05) is 42.5 Å². The molecule has 2 nitrogen and oxygen atoms in total. The first-order valence-electron chi connectivity index (χ1n) is 6.48. The summed E-state index contributed by atoms with van der Waals surface area (Å²) < 4.78 is 0. The standard InChI is InChI=1S/C16H19ClN2/c1-12(13-7-3-2-4-8-13)19-16(11-18)14-9-5-6-10-15(14)17/h2-10,12,16,19H,11,18H2,1H3. The highest BCUT2D eigenvalue weighted by Crippen LogP contribution is 2.24. The van der Waals surface area contributed by atoms with Crippen molar-refractivity contribution in [3.05, 3.63) is 70.7 Å². The Morgan fingerprint density at radius 1 is 1.05 bits per heavy atom. The third-order valence-electron chi connectivity index (χ3n) is 3.27.